The Bertz CT molecular complexity index is 1800. The zero-order chi connectivity index (χ0) is 30.9. The number of aromatic nitrogens is 1. The standard InChI is InChI=1S/C36H36N4O4/c1-25-29(23-37-32(41)21-17-26-11-5-3-6-12-26)18-20-31-34(25)35(43)44-36(39-31)38-30-16-10-9-15-28(30)19-22-33(42)40(2)24-27-13-7-4-8-14-27/h3-16,18,20H,17,19,21-24H2,1-2H3,(H,37,41)(H,38,39). The minimum Gasteiger partial charge on any atom is -0.388 e. The lowest BCUT2D eigenvalue weighted by Crippen LogP contribution is -2.26. The van der Waals surface area contributed by atoms with Gasteiger partial charge in [0.25, 0.3) is 0 Å². The summed E-state index contributed by atoms with van der Waals surface area (Å²) in [5.41, 5.74) is 5.34. The molecule has 44 heavy (non-hydrogen) atoms. The first-order valence-electron chi connectivity index (χ1n) is 14.7. The highest BCUT2D eigenvalue weighted by Crippen LogP contribution is 2.24. The maximum Gasteiger partial charge on any atom is 0.348 e. The lowest BCUT2D eigenvalue weighted by molar-refractivity contribution is -0.130. The molecule has 0 aliphatic carbocycles. The van der Waals surface area contributed by atoms with Crippen LogP contribution in [0.25, 0.3) is 10.9 Å². The van der Waals surface area contributed by atoms with Crippen LogP contribution in [0.3, 0.4) is 0 Å². The predicted octanol–water partition coefficient (Wildman–Crippen LogP) is 6.08. The van der Waals surface area contributed by atoms with Gasteiger partial charge in [0.2, 0.25) is 11.8 Å². The summed E-state index contributed by atoms with van der Waals surface area (Å²) in [7, 11) is 1.81. The molecule has 2 amide bonds. The number of fused-ring (bicyclic) bond motifs is 1. The monoisotopic (exact) mass is 588 g/mol. The number of rotatable bonds is 12. The normalized spacial score (nSPS) is 10.9. The molecule has 0 aliphatic rings. The predicted molar refractivity (Wildman–Crippen MR) is 173 cm³/mol. The second-order valence-electron chi connectivity index (χ2n) is 10.8. The van der Waals surface area contributed by atoms with E-state index in [1.807, 2.05) is 97.9 Å². The van der Waals surface area contributed by atoms with Gasteiger partial charge in [0.1, 0.15) is 0 Å². The second kappa shape index (κ2) is 14.3. The van der Waals surface area contributed by atoms with Crippen molar-refractivity contribution in [2.75, 3.05) is 12.4 Å². The summed E-state index contributed by atoms with van der Waals surface area (Å²) in [6.07, 6.45) is 1.90. The van der Waals surface area contributed by atoms with Gasteiger partial charge in [-0.25, -0.2) is 4.79 Å². The molecule has 1 heterocycles. The number of hydrogen-bond donors (Lipinski definition) is 2. The van der Waals surface area contributed by atoms with Crippen molar-refractivity contribution < 1.29 is 14.0 Å². The minimum absolute atomic E-state index is 0.0395. The number of nitrogens with one attached hydrogen (secondary N) is 2. The molecule has 0 spiro atoms. The highest BCUT2D eigenvalue weighted by atomic mass is 16.4. The number of carbonyl (C=O) groups is 2. The molecule has 8 heteroatoms. The number of benzene rings is 4. The number of aryl methyl sites for hydroxylation is 3. The molecule has 0 aliphatic heterocycles. The third kappa shape index (κ3) is 7.77. The van der Waals surface area contributed by atoms with Gasteiger partial charge in [0.05, 0.1) is 10.9 Å². The number of carbonyl (C=O) groups excluding carboxylic acids is 2. The molecule has 0 bridgehead atoms. The third-order valence-electron chi connectivity index (χ3n) is 7.69. The van der Waals surface area contributed by atoms with Gasteiger partial charge in [0.15, 0.2) is 0 Å². The summed E-state index contributed by atoms with van der Waals surface area (Å²) < 4.78 is 5.59. The van der Waals surface area contributed by atoms with Crippen molar-refractivity contribution in [3.05, 3.63) is 135 Å². The van der Waals surface area contributed by atoms with Crippen LogP contribution in [0.1, 0.15) is 40.7 Å². The maximum absolute atomic E-state index is 13.1. The first-order chi connectivity index (χ1) is 21.4. The van der Waals surface area contributed by atoms with Gasteiger partial charge >= 0.3 is 11.6 Å². The molecule has 5 rings (SSSR count). The molecule has 0 unspecified atom stereocenters. The fourth-order valence-electron chi connectivity index (χ4n) is 5.15. The average molecular weight is 589 g/mol. The number of hydrogen-bond acceptors (Lipinski definition) is 6. The van der Waals surface area contributed by atoms with Crippen LogP contribution in [0.4, 0.5) is 11.7 Å². The Kier molecular flexibility index (Phi) is 9.81. The summed E-state index contributed by atoms with van der Waals surface area (Å²) in [6, 6.07) is 31.1. The Balaban J connectivity index is 1.22. The summed E-state index contributed by atoms with van der Waals surface area (Å²) >= 11 is 0. The van der Waals surface area contributed by atoms with Crippen LogP contribution in [0.2, 0.25) is 0 Å². The highest BCUT2D eigenvalue weighted by molar-refractivity contribution is 5.83. The largest absolute Gasteiger partial charge is 0.388 e. The molecule has 0 fully saturated rings. The van der Waals surface area contributed by atoms with E-state index in [4.69, 9.17) is 4.42 Å². The van der Waals surface area contributed by atoms with Gasteiger partial charge in [-0.1, -0.05) is 84.9 Å². The molecule has 0 saturated heterocycles. The maximum atomic E-state index is 13.1. The molecule has 0 saturated carbocycles. The molecule has 4 aromatic carbocycles. The second-order valence-corrected chi connectivity index (χ2v) is 10.8. The first-order valence-corrected chi connectivity index (χ1v) is 14.7. The number of para-hydroxylation sites is 1. The van der Waals surface area contributed by atoms with E-state index in [0.29, 0.717) is 55.4 Å². The van der Waals surface area contributed by atoms with Crippen LogP contribution in [-0.2, 0) is 35.5 Å². The summed E-state index contributed by atoms with van der Waals surface area (Å²) in [5.74, 6) is -0.0149. The van der Waals surface area contributed by atoms with Gasteiger partial charge in [-0.15, -0.1) is 0 Å². The van der Waals surface area contributed by atoms with E-state index in [2.05, 4.69) is 15.6 Å². The lowest BCUT2D eigenvalue weighted by Gasteiger charge is -2.18. The molecular weight excluding hydrogens is 552 g/mol. The summed E-state index contributed by atoms with van der Waals surface area (Å²) in [4.78, 5) is 44.6. The van der Waals surface area contributed by atoms with Crippen molar-refractivity contribution in [2.45, 2.75) is 45.7 Å². The fourth-order valence-corrected chi connectivity index (χ4v) is 5.15. The van der Waals surface area contributed by atoms with E-state index in [-0.39, 0.29) is 17.8 Å². The molecule has 8 nitrogen and oxygen atoms in total. The smallest absolute Gasteiger partial charge is 0.348 e. The van der Waals surface area contributed by atoms with Gasteiger partial charge < -0.3 is 20.0 Å². The quantitative estimate of drug-likeness (QED) is 0.183. The van der Waals surface area contributed by atoms with Gasteiger partial charge in [-0.2, -0.15) is 4.98 Å². The zero-order valence-electron chi connectivity index (χ0n) is 25.0. The molecule has 2 N–H and O–H groups in total. The van der Waals surface area contributed by atoms with E-state index in [0.717, 1.165) is 27.8 Å². The number of nitrogens with zero attached hydrogens (tertiary/aromatic N) is 2. The zero-order valence-corrected chi connectivity index (χ0v) is 25.0. The third-order valence-corrected chi connectivity index (χ3v) is 7.69. The molecule has 1 aromatic heterocycles. The molecular formula is C36H36N4O4. The van der Waals surface area contributed by atoms with E-state index in [1.54, 1.807) is 18.0 Å². The molecule has 224 valence electrons. The number of amides is 2. The molecule has 5 aromatic rings. The Morgan fingerprint density at radius 3 is 2.23 bits per heavy atom. The average Bonchev–Trinajstić information content (AvgIpc) is 3.03. The van der Waals surface area contributed by atoms with Crippen molar-refractivity contribution in [3.63, 3.8) is 0 Å². The number of anilines is 2. The van der Waals surface area contributed by atoms with E-state index >= 15 is 0 Å². The van der Waals surface area contributed by atoms with Gasteiger partial charge in [-0.3, -0.25) is 9.59 Å². The lowest BCUT2D eigenvalue weighted by atomic mass is 10.0. The van der Waals surface area contributed by atoms with Gasteiger partial charge in [0, 0.05) is 38.7 Å². The van der Waals surface area contributed by atoms with Crippen LogP contribution in [0.15, 0.2) is 106 Å². The summed E-state index contributed by atoms with van der Waals surface area (Å²) in [6.45, 7) is 2.69. The minimum atomic E-state index is -0.512. The van der Waals surface area contributed by atoms with Crippen LogP contribution in [0.5, 0.6) is 0 Å². The van der Waals surface area contributed by atoms with E-state index in [1.165, 1.54) is 0 Å². The van der Waals surface area contributed by atoms with Crippen LogP contribution in [-0.4, -0.2) is 28.7 Å². The Morgan fingerprint density at radius 1 is 0.795 bits per heavy atom. The van der Waals surface area contributed by atoms with Crippen molar-refractivity contribution in [2.24, 2.45) is 0 Å². The van der Waals surface area contributed by atoms with E-state index in [9.17, 15) is 14.4 Å². The first kappa shape index (κ1) is 30.2. The SMILES string of the molecule is Cc1c(CNC(=O)CCc2ccccc2)ccc2nc(Nc3ccccc3CCC(=O)N(C)Cc3ccccc3)oc(=O)c12. The topological polar surface area (TPSA) is 105 Å². The Morgan fingerprint density at radius 2 is 1.48 bits per heavy atom. The van der Waals surface area contributed by atoms with Crippen molar-refractivity contribution in [3.8, 4) is 0 Å². The molecule has 0 atom stereocenters. The van der Waals surface area contributed by atoms with Crippen LogP contribution >= 0.6 is 0 Å². The van der Waals surface area contributed by atoms with Crippen LogP contribution in [0, 0.1) is 6.92 Å². The summed E-state index contributed by atoms with van der Waals surface area (Å²) in [5, 5.41) is 6.47. The van der Waals surface area contributed by atoms with Crippen molar-refractivity contribution in [1.82, 2.24) is 15.2 Å². The Hall–Kier alpha value is -5.24. The van der Waals surface area contributed by atoms with Crippen LogP contribution < -0.4 is 16.3 Å². The highest BCUT2D eigenvalue weighted by Gasteiger charge is 2.15. The molecule has 0 radical (unpaired) electrons. The fraction of sp³-hybridized carbons (Fsp3) is 0.222. The van der Waals surface area contributed by atoms with Crippen molar-refractivity contribution in [1.29, 1.82) is 0 Å². The van der Waals surface area contributed by atoms with Crippen molar-refractivity contribution >= 4 is 34.4 Å². The Labute approximate surface area is 256 Å². The van der Waals surface area contributed by atoms with Gasteiger partial charge in [-0.05, 0) is 59.7 Å². The van der Waals surface area contributed by atoms with E-state index < -0.39 is 5.63 Å².